The van der Waals surface area contributed by atoms with Crippen LogP contribution in [0.25, 0.3) is 11.4 Å². The molecule has 6 atom stereocenters. The molecular weight excluding hydrogens is 821 g/mol. The second-order valence-electron chi connectivity index (χ2n) is 16.5. The molecule has 22 heteroatoms. The lowest BCUT2D eigenvalue weighted by atomic mass is 9.83. The van der Waals surface area contributed by atoms with Gasteiger partial charge in [0.05, 0.1) is 30.5 Å². The molecule has 7 rings (SSSR count). The van der Waals surface area contributed by atoms with Gasteiger partial charge in [-0.15, -0.1) is 10.2 Å². The number of nitrogens with one attached hydrogen (secondary N) is 4. The first kappa shape index (κ1) is 43.4. The normalized spacial score (nSPS) is 23.9. The molecule has 19 nitrogen and oxygen atoms in total. The fourth-order valence-electron chi connectivity index (χ4n) is 8.18. The van der Waals surface area contributed by atoms with E-state index in [2.05, 4.69) is 41.3 Å². The lowest BCUT2D eigenvalue weighted by molar-refractivity contribution is -0.143. The summed E-state index contributed by atoms with van der Waals surface area (Å²) < 4.78 is 61.0. The predicted octanol–water partition coefficient (Wildman–Crippen LogP) is 1.55. The van der Waals surface area contributed by atoms with Crippen molar-refractivity contribution in [3.05, 3.63) is 48.5 Å². The Balaban J connectivity index is 1.16. The number of amides is 5. The number of nitrogens with zero attached hydrogens (tertiary/aromatic N) is 7. The molecule has 61 heavy (non-hydrogen) atoms. The quantitative estimate of drug-likeness (QED) is 0.160. The van der Waals surface area contributed by atoms with Gasteiger partial charge in [0.15, 0.2) is 0 Å². The lowest BCUT2D eigenvalue weighted by Gasteiger charge is -2.34. The van der Waals surface area contributed by atoms with E-state index in [-0.39, 0.29) is 30.4 Å². The maximum atomic E-state index is 14.8. The molecule has 2 aromatic heterocycles. The Morgan fingerprint density at radius 3 is 2.30 bits per heavy atom. The minimum absolute atomic E-state index is 0.00256. The van der Waals surface area contributed by atoms with Crippen molar-refractivity contribution in [2.75, 3.05) is 13.7 Å². The van der Waals surface area contributed by atoms with Crippen molar-refractivity contribution < 1.29 is 45.9 Å². The lowest BCUT2D eigenvalue weighted by Crippen LogP contribution is -2.61. The van der Waals surface area contributed by atoms with Gasteiger partial charge in [-0.2, -0.15) is 4.80 Å². The molecule has 1 aliphatic heterocycles. The van der Waals surface area contributed by atoms with E-state index in [0.717, 1.165) is 19.3 Å². The summed E-state index contributed by atoms with van der Waals surface area (Å²) in [6.45, 7) is 3.18. The number of carbonyl (C=O) groups is 5. The number of methoxy groups -OCH3 is 1. The molecular formula is C39H49F2N11O8S. The van der Waals surface area contributed by atoms with Crippen LogP contribution < -0.4 is 25.4 Å². The number of carbonyl (C=O) groups excluding carboxylic acids is 5. The highest BCUT2D eigenvalue weighted by Crippen LogP contribution is 2.48. The third kappa shape index (κ3) is 9.47. The molecule has 3 heterocycles. The zero-order valence-electron chi connectivity index (χ0n) is 33.9. The van der Waals surface area contributed by atoms with Crippen LogP contribution in [0.1, 0.15) is 88.2 Å². The number of tetrazole rings is 1. The van der Waals surface area contributed by atoms with Gasteiger partial charge >= 0.3 is 0 Å². The van der Waals surface area contributed by atoms with E-state index in [0.29, 0.717) is 37.0 Å². The fraction of sp³-hybridized carbons (Fsp3) is 0.590. The molecule has 4 fully saturated rings. The standard InChI is InChI=1S/C39H49F2N11O8S/c1-21(2)30(44-36(55)31(22-7-5-4-6-8-22)45-34(53)28-19-42-15-16-43-28)37(56)51-20-24(52-48-33(47-50-52)23-9-11-25(60-3)12-10-23)17-29(51)35(54)46-39(18-27(39)32(40)41)38(57)49-61(58,59)26-13-14-26/h9-12,15-16,19,21-22,24,26-27,29-32H,4-8,13-14,17-18,20H2,1-3H3,(H,44,55)(H,45,53)(H,46,54)(H,49,57)/t24-,27+,29?,30+,31+,39-/m1/s1. The number of likely N-dealkylation sites (tertiary alicyclic amines) is 1. The van der Waals surface area contributed by atoms with Crippen molar-refractivity contribution >= 4 is 39.6 Å². The van der Waals surface area contributed by atoms with Crippen LogP contribution in [-0.4, -0.2) is 122 Å². The third-order valence-corrected chi connectivity index (χ3v) is 13.8. The average molecular weight is 870 g/mol. The van der Waals surface area contributed by atoms with Crippen molar-refractivity contribution in [2.45, 2.75) is 113 Å². The van der Waals surface area contributed by atoms with E-state index in [1.165, 1.54) is 35.4 Å². The highest BCUT2D eigenvalue weighted by Gasteiger charge is 2.67. The van der Waals surface area contributed by atoms with Crippen LogP contribution in [0.15, 0.2) is 42.9 Å². The Kier molecular flexibility index (Phi) is 12.6. The monoisotopic (exact) mass is 869 g/mol. The largest absolute Gasteiger partial charge is 0.497 e. The summed E-state index contributed by atoms with van der Waals surface area (Å²) in [6.07, 6.45) is 4.81. The summed E-state index contributed by atoms with van der Waals surface area (Å²) in [7, 11) is -2.64. The summed E-state index contributed by atoms with van der Waals surface area (Å²) >= 11 is 0. The summed E-state index contributed by atoms with van der Waals surface area (Å²) in [5.74, 6) is -5.90. The Morgan fingerprint density at radius 2 is 1.69 bits per heavy atom. The van der Waals surface area contributed by atoms with Crippen molar-refractivity contribution in [1.82, 2.24) is 55.7 Å². The number of alkyl halides is 2. The molecule has 3 aliphatic carbocycles. The minimum Gasteiger partial charge on any atom is -0.497 e. The van der Waals surface area contributed by atoms with E-state index in [4.69, 9.17) is 4.74 Å². The highest BCUT2D eigenvalue weighted by molar-refractivity contribution is 7.91. The molecule has 3 saturated carbocycles. The van der Waals surface area contributed by atoms with Crippen LogP contribution in [0.3, 0.4) is 0 Å². The first-order valence-corrected chi connectivity index (χ1v) is 21.9. The molecule has 328 valence electrons. The van der Waals surface area contributed by atoms with Crippen LogP contribution in [0.2, 0.25) is 0 Å². The first-order valence-electron chi connectivity index (χ1n) is 20.4. The Morgan fingerprint density at radius 1 is 0.967 bits per heavy atom. The second-order valence-corrected chi connectivity index (χ2v) is 18.5. The fourth-order valence-corrected chi connectivity index (χ4v) is 9.54. The topological polar surface area (TPSA) is 249 Å². The van der Waals surface area contributed by atoms with E-state index < -0.39 is 99.2 Å². The van der Waals surface area contributed by atoms with E-state index in [9.17, 15) is 41.2 Å². The Hall–Kier alpha value is -5.67. The van der Waals surface area contributed by atoms with Crippen molar-refractivity contribution in [1.29, 1.82) is 0 Å². The van der Waals surface area contributed by atoms with Gasteiger partial charge in [-0.3, -0.25) is 33.7 Å². The molecule has 3 aromatic rings. The number of hydrogen-bond acceptors (Lipinski definition) is 13. The molecule has 1 aromatic carbocycles. The predicted molar refractivity (Wildman–Crippen MR) is 211 cm³/mol. The zero-order chi connectivity index (χ0) is 43.6. The number of benzene rings is 1. The minimum atomic E-state index is -4.17. The number of hydrogen-bond donors (Lipinski definition) is 4. The van der Waals surface area contributed by atoms with E-state index >= 15 is 0 Å². The molecule has 1 saturated heterocycles. The van der Waals surface area contributed by atoms with Crippen molar-refractivity contribution in [3.63, 3.8) is 0 Å². The summed E-state index contributed by atoms with van der Waals surface area (Å²) in [5, 5.41) is 20.1. The van der Waals surface area contributed by atoms with Gasteiger partial charge in [0.2, 0.25) is 40.0 Å². The van der Waals surface area contributed by atoms with Crippen LogP contribution in [0, 0.1) is 17.8 Å². The SMILES string of the molecule is COc1ccc(-c2nnn([C@@H]3CC(C(=O)N[C@]4(C(=O)NS(=O)(=O)C5CC5)C[C@H]4C(F)F)N(C(=O)[C@@H](NC(=O)[C@@H](NC(=O)c4cnccn4)C4CCCCC4)C(C)C)C3)n2)cc1. The van der Waals surface area contributed by atoms with E-state index in [1.54, 1.807) is 38.1 Å². The molecule has 0 spiro atoms. The molecule has 5 amide bonds. The van der Waals surface area contributed by atoms with Crippen LogP contribution >= 0.6 is 0 Å². The summed E-state index contributed by atoms with van der Waals surface area (Å²) in [5.41, 5.74) is -1.66. The van der Waals surface area contributed by atoms with Gasteiger partial charge in [-0.1, -0.05) is 33.1 Å². The van der Waals surface area contributed by atoms with Gasteiger partial charge in [0.25, 0.3) is 11.8 Å². The van der Waals surface area contributed by atoms with Crippen LogP contribution in [0.4, 0.5) is 8.78 Å². The molecule has 0 bridgehead atoms. The van der Waals surface area contributed by atoms with Gasteiger partial charge in [-0.25, -0.2) is 22.2 Å². The molecule has 1 unspecified atom stereocenters. The number of aromatic nitrogens is 6. The van der Waals surface area contributed by atoms with Gasteiger partial charge < -0.3 is 25.6 Å². The maximum absolute atomic E-state index is 14.8. The highest BCUT2D eigenvalue weighted by atomic mass is 32.2. The Labute approximate surface area is 350 Å². The molecule has 4 N–H and O–H groups in total. The number of rotatable bonds is 16. The molecule has 4 aliphatic rings. The van der Waals surface area contributed by atoms with Crippen LogP contribution in [-0.2, 0) is 29.2 Å². The van der Waals surface area contributed by atoms with Crippen molar-refractivity contribution in [2.24, 2.45) is 17.8 Å². The molecule has 0 radical (unpaired) electrons. The smallest absolute Gasteiger partial charge is 0.272 e. The van der Waals surface area contributed by atoms with Gasteiger partial charge in [0, 0.05) is 30.9 Å². The zero-order valence-corrected chi connectivity index (χ0v) is 34.7. The maximum Gasteiger partial charge on any atom is 0.272 e. The van der Waals surface area contributed by atoms with E-state index in [1.807, 2.05) is 4.72 Å². The summed E-state index contributed by atoms with van der Waals surface area (Å²) in [6, 6.07) is 2.34. The van der Waals surface area contributed by atoms with Crippen molar-refractivity contribution in [3.8, 4) is 17.1 Å². The average Bonchev–Trinajstić information content (AvgIpc) is 4.14. The van der Waals surface area contributed by atoms with Gasteiger partial charge in [0.1, 0.15) is 35.1 Å². The number of halogens is 2. The third-order valence-electron chi connectivity index (χ3n) is 12.0. The number of ether oxygens (including phenoxy) is 1. The number of sulfonamides is 1. The first-order chi connectivity index (χ1) is 29.1. The Bertz CT molecular complexity index is 2220. The second kappa shape index (κ2) is 17.7. The summed E-state index contributed by atoms with van der Waals surface area (Å²) in [4.78, 5) is 80.5. The van der Waals surface area contributed by atoms with Crippen LogP contribution in [0.5, 0.6) is 5.75 Å². The van der Waals surface area contributed by atoms with Gasteiger partial charge in [-0.05, 0) is 73.4 Å².